The van der Waals surface area contributed by atoms with Crippen LogP contribution in [0.15, 0.2) is 71.4 Å². The number of fused-ring (bicyclic) bond motifs is 1. The Bertz CT molecular complexity index is 1710. The summed E-state index contributed by atoms with van der Waals surface area (Å²) >= 11 is 12.9. The molecule has 1 fully saturated rings. The van der Waals surface area contributed by atoms with Gasteiger partial charge in [0.1, 0.15) is 29.6 Å². The summed E-state index contributed by atoms with van der Waals surface area (Å²) in [4.78, 5) is 15.3. The van der Waals surface area contributed by atoms with Gasteiger partial charge < -0.3 is 19.1 Å². The molecule has 196 valence electrons. The Hall–Kier alpha value is -4.07. The van der Waals surface area contributed by atoms with Crippen LogP contribution in [-0.2, 0) is 6.61 Å². The number of aryl methyl sites for hydroxylation is 1. The molecule has 0 radical (unpaired) electrons. The van der Waals surface area contributed by atoms with Gasteiger partial charge >= 0.3 is 5.97 Å². The van der Waals surface area contributed by atoms with E-state index in [2.05, 4.69) is 10.1 Å². The number of halogens is 2. The summed E-state index contributed by atoms with van der Waals surface area (Å²) in [6.45, 7) is 2.02. The third-order valence-corrected chi connectivity index (χ3v) is 7.25. The highest BCUT2D eigenvalue weighted by Gasteiger charge is 2.33. The Morgan fingerprint density at radius 1 is 1.03 bits per heavy atom. The largest absolute Gasteiger partial charge is 0.489 e. The van der Waals surface area contributed by atoms with Crippen LogP contribution in [0.25, 0.3) is 22.0 Å². The topological polar surface area (TPSA) is 94.7 Å². The molecule has 1 aliphatic carbocycles. The quantitative estimate of drug-likeness (QED) is 0.203. The van der Waals surface area contributed by atoms with Crippen molar-refractivity contribution in [2.75, 3.05) is 0 Å². The smallest absolute Gasteiger partial charge is 0.337 e. The molecule has 2 aromatic heterocycles. The van der Waals surface area contributed by atoms with Crippen molar-refractivity contribution in [3.8, 4) is 28.6 Å². The van der Waals surface area contributed by atoms with Gasteiger partial charge in [0.2, 0.25) is 5.88 Å². The number of carboxylic acids is 1. The number of rotatable bonds is 8. The number of hydrogen-bond acceptors (Lipinski definition) is 6. The summed E-state index contributed by atoms with van der Waals surface area (Å²) in [6, 6.07) is 18.4. The van der Waals surface area contributed by atoms with Crippen molar-refractivity contribution in [3.63, 3.8) is 0 Å². The molecule has 9 heteroatoms. The molecule has 1 saturated carbocycles. The summed E-state index contributed by atoms with van der Waals surface area (Å²) in [5.74, 6) is 1.77. The van der Waals surface area contributed by atoms with Crippen LogP contribution in [0, 0.1) is 6.92 Å². The number of aromatic carboxylic acids is 1. The van der Waals surface area contributed by atoms with E-state index in [1.54, 1.807) is 25.1 Å². The van der Waals surface area contributed by atoms with E-state index in [0.717, 1.165) is 34.9 Å². The molecule has 0 amide bonds. The second-order valence-corrected chi connectivity index (χ2v) is 10.3. The molecule has 0 aliphatic heterocycles. The van der Waals surface area contributed by atoms with Gasteiger partial charge in [-0.2, -0.15) is 0 Å². The number of nitrogens with zero attached hydrogens (tertiary/aromatic N) is 2. The summed E-state index contributed by atoms with van der Waals surface area (Å²) in [5.41, 5.74) is 2.85. The van der Waals surface area contributed by atoms with Crippen LogP contribution in [0.1, 0.15) is 46.0 Å². The summed E-state index contributed by atoms with van der Waals surface area (Å²) in [6.07, 6.45) is 3.39. The molecule has 1 N–H and O–H groups in total. The zero-order chi connectivity index (χ0) is 27.1. The van der Waals surface area contributed by atoms with Crippen LogP contribution < -0.4 is 9.47 Å². The predicted molar refractivity (Wildman–Crippen MR) is 148 cm³/mol. The third-order valence-electron chi connectivity index (χ3n) is 6.62. The highest BCUT2D eigenvalue weighted by atomic mass is 35.5. The van der Waals surface area contributed by atoms with Crippen molar-refractivity contribution in [3.05, 3.63) is 99.4 Å². The molecule has 7 nitrogen and oxygen atoms in total. The minimum Gasteiger partial charge on any atom is -0.489 e. The summed E-state index contributed by atoms with van der Waals surface area (Å²) in [7, 11) is 0. The molecule has 0 atom stereocenters. The first-order valence-corrected chi connectivity index (χ1v) is 13.1. The number of benzene rings is 3. The lowest BCUT2D eigenvalue weighted by molar-refractivity contribution is 0.0696. The van der Waals surface area contributed by atoms with E-state index in [4.69, 9.17) is 42.3 Å². The molecule has 0 spiro atoms. The highest BCUT2D eigenvalue weighted by Crippen LogP contribution is 2.46. The number of aromatic nitrogens is 2. The van der Waals surface area contributed by atoms with Crippen LogP contribution in [0.3, 0.4) is 0 Å². The van der Waals surface area contributed by atoms with Crippen molar-refractivity contribution in [2.24, 2.45) is 0 Å². The Kier molecular flexibility index (Phi) is 6.62. The van der Waals surface area contributed by atoms with E-state index < -0.39 is 5.97 Å². The molecule has 5 aromatic rings. The zero-order valence-corrected chi connectivity index (χ0v) is 22.3. The molecule has 3 aromatic carbocycles. The van der Waals surface area contributed by atoms with E-state index in [0.29, 0.717) is 50.2 Å². The molecular formula is C30H22Cl2N2O5. The molecular weight excluding hydrogens is 539 g/mol. The predicted octanol–water partition coefficient (Wildman–Crippen LogP) is 8.45. The number of carbonyl (C=O) groups is 1. The van der Waals surface area contributed by atoms with Crippen LogP contribution in [-0.4, -0.2) is 21.2 Å². The first kappa shape index (κ1) is 25.2. The maximum atomic E-state index is 11.2. The lowest BCUT2D eigenvalue weighted by atomic mass is 10.0. The third kappa shape index (κ3) is 5.15. The van der Waals surface area contributed by atoms with E-state index in [1.165, 1.54) is 12.3 Å². The van der Waals surface area contributed by atoms with E-state index >= 15 is 0 Å². The van der Waals surface area contributed by atoms with Gasteiger partial charge in [0.25, 0.3) is 0 Å². The van der Waals surface area contributed by atoms with Gasteiger partial charge in [0.05, 0.1) is 21.2 Å². The minimum absolute atomic E-state index is 0.114. The molecule has 39 heavy (non-hydrogen) atoms. The van der Waals surface area contributed by atoms with Crippen molar-refractivity contribution in [2.45, 2.75) is 32.3 Å². The first-order valence-electron chi connectivity index (χ1n) is 12.3. The lowest BCUT2D eigenvalue weighted by Gasteiger charge is -2.11. The Morgan fingerprint density at radius 3 is 2.38 bits per heavy atom. The first-order chi connectivity index (χ1) is 18.9. The average molecular weight is 561 g/mol. The number of carboxylic acid groups (broad SMARTS) is 1. The van der Waals surface area contributed by atoms with Crippen molar-refractivity contribution in [1.82, 2.24) is 10.1 Å². The summed E-state index contributed by atoms with van der Waals surface area (Å²) in [5, 5.41) is 16.4. The molecule has 0 bridgehead atoms. The van der Waals surface area contributed by atoms with Gasteiger partial charge in [-0.1, -0.05) is 46.6 Å². The fourth-order valence-electron chi connectivity index (χ4n) is 4.46. The van der Waals surface area contributed by atoms with Crippen LogP contribution in [0.5, 0.6) is 17.4 Å². The number of pyridine rings is 1. The Labute approximate surface area is 233 Å². The fraction of sp³-hybridized carbons (Fsp3) is 0.167. The molecule has 6 rings (SSSR count). The lowest BCUT2D eigenvalue weighted by Crippen LogP contribution is -2.00. The van der Waals surface area contributed by atoms with E-state index in [9.17, 15) is 4.79 Å². The fourth-order valence-corrected chi connectivity index (χ4v) is 5.03. The Morgan fingerprint density at radius 2 is 1.72 bits per heavy atom. The van der Waals surface area contributed by atoms with Gasteiger partial charge in [-0.15, -0.1) is 0 Å². The van der Waals surface area contributed by atoms with Crippen LogP contribution >= 0.6 is 23.2 Å². The number of ether oxygens (including phenoxy) is 2. The number of hydrogen-bond donors (Lipinski definition) is 1. The highest BCUT2D eigenvalue weighted by molar-refractivity contribution is 6.39. The SMILES string of the molecule is Cc1cc(C(=O)O)cnc1Oc1ccc2cc(OCc3c(-c4c(Cl)cccc4Cl)noc3C3CC3)ccc2c1. The van der Waals surface area contributed by atoms with Gasteiger partial charge in [-0.3, -0.25) is 0 Å². The minimum atomic E-state index is -1.03. The average Bonchev–Trinajstić information content (AvgIpc) is 3.68. The molecule has 1 aliphatic rings. The molecule has 0 saturated heterocycles. The normalized spacial score (nSPS) is 13.0. The second kappa shape index (κ2) is 10.2. The Balaban J connectivity index is 1.23. The van der Waals surface area contributed by atoms with E-state index in [-0.39, 0.29) is 12.2 Å². The maximum Gasteiger partial charge on any atom is 0.337 e. The monoisotopic (exact) mass is 560 g/mol. The van der Waals surface area contributed by atoms with Gasteiger partial charge in [-0.05, 0) is 73.0 Å². The maximum absolute atomic E-state index is 11.2. The van der Waals surface area contributed by atoms with Gasteiger partial charge in [0, 0.05) is 23.2 Å². The van der Waals surface area contributed by atoms with Crippen molar-refractivity contribution in [1.29, 1.82) is 0 Å². The van der Waals surface area contributed by atoms with E-state index in [1.807, 2.05) is 36.4 Å². The zero-order valence-electron chi connectivity index (χ0n) is 20.8. The van der Waals surface area contributed by atoms with Gasteiger partial charge in [-0.25, -0.2) is 9.78 Å². The second-order valence-electron chi connectivity index (χ2n) is 9.46. The molecule has 2 heterocycles. The van der Waals surface area contributed by atoms with Crippen molar-refractivity contribution < 1.29 is 23.9 Å². The molecule has 0 unspecified atom stereocenters. The van der Waals surface area contributed by atoms with Crippen molar-refractivity contribution >= 4 is 39.9 Å². The van der Waals surface area contributed by atoms with Crippen LogP contribution in [0.4, 0.5) is 0 Å². The van der Waals surface area contributed by atoms with Crippen LogP contribution in [0.2, 0.25) is 10.0 Å². The summed E-state index contributed by atoms with van der Waals surface area (Å²) < 4.78 is 17.9. The standard InChI is InChI=1S/C30H22Cl2N2O5/c1-16-11-20(30(35)36)14-33-29(16)38-22-10-8-18-12-21(9-7-19(18)13-22)37-15-23-27(34-39-28(23)17-5-6-17)26-24(31)3-2-4-25(26)32/h2-4,7-14,17H,5-6,15H2,1H3,(H,35,36). The van der Waals surface area contributed by atoms with Gasteiger partial charge in [0.15, 0.2) is 0 Å².